The average Bonchev–Trinajstić information content (AvgIpc) is 2.39. The van der Waals surface area contributed by atoms with Crippen molar-refractivity contribution in [2.45, 2.75) is 23.8 Å². The van der Waals surface area contributed by atoms with Crippen LogP contribution >= 0.6 is 0 Å². The van der Waals surface area contributed by atoms with E-state index in [2.05, 4.69) is 0 Å². The number of benzene rings is 1. The lowest BCUT2D eigenvalue weighted by atomic mass is 10.1. The molecule has 0 atom stereocenters. The van der Waals surface area contributed by atoms with Crippen LogP contribution in [0.1, 0.15) is 23.2 Å². The van der Waals surface area contributed by atoms with Gasteiger partial charge >= 0.3 is 0 Å². The molecule has 0 radical (unpaired) electrons. The number of rotatable bonds is 3. The quantitative estimate of drug-likeness (QED) is 0.817. The molecular weight excluding hydrogens is 254 g/mol. The Balaban J connectivity index is 2.21. The van der Waals surface area contributed by atoms with Gasteiger partial charge in [-0.15, -0.1) is 0 Å². The minimum Gasteiger partial charge on any atom is -0.393 e. The second-order valence-electron chi connectivity index (χ2n) is 4.32. The third-order valence-electron chi connectivity index (χ3n) is 3.08. The van der Waals surface area contributed by atoms with E-state index < -0.39 is 16.1 Å². The van der Waals surface area contributed by atoms with Gasteiger partial charge in [0.05, 0.1) is 11.0 Å². The molecule has 5 nitrogen and oxygen atoms in total. The number of aliphatic hydroxyl groups is 1. The van der Waals surface area contributed by atoms with Crippen molar-refractivity contribution in [2.24, 2.45) is 0 Å². The fourth-order valence-electron chi connectivity index (χ4n) is 1.95. The highest BCUT2D eigenvalue weighted by molar-refractivity contribution is 7.89. The second-order valence-corrected chi connectivity index (χ2v) is 6.26. The monoisotopic (exact) mass is 269 g/mol. The van der Waals surface area contributed by atoms with Gasteiger partial charge < -0.3 is 5.11 Å². The predicted octanol–water partition coefficient (Wildman–Crippen LogP) is 0.645. The summed E-state index contributed by atoms with van der Waals surface area (Å²) >= 11 is 0. The third-order valence-corrected chi connectivity index (χ3v) is 4.99. The van der Waals surface area contributed by atoms with E-state index in [1.54, 1.807) is 0 Å². The number of aldehydes is 1. The maximum absolute atomic E-state index is 12.2. The van der Waals surface area contributed by atoms with Gasteiger partial charge in [-0.25, -0.2) is 8.42 Å². The molecule has 1 aromatic rings. The molecule has 0 amide bonds. The van der Waals surface area contributed by atoms with Crippen LogP contribution < -0.4 is 0 Å². The maximum Gasteiger partial charge on any atom is 0.243 e. The highest BCUT2D eigenvalue weighted by Crippen LogP contribution is 2.20. The van der Waals surface area contributed by atoms with Crippen molar-refractivity contribution < 1.29 is 18.3 Å². The molecule has 0 spiro atoms. The fraction of sp³-hybridized carbons (Fsp3) is 0.417. The molecule has 1 N–H and O–H groups in total. The van der Waals surface area contributed by atoms with Crippen molar-refractivity contribution in [3.63, 3.8) is 0 Å². The first kappa shape index (κ1) is 13.2. The van der Waals surface area contributed by atoms with E-state index in [-0.39, 0.29) is 4.90 Å². The molecule has 0 unspecified atom stereocenters. The molecule has 1 aromatic carbocycles. The zero-order valence-corrected chi connectivity index (χ0v) is 10.6. The van der Waals surface area contributed by atoms with Gasteiger partial charge in [0.25, 0.3) is 0 Å². The smallest absolute Gasteiger partial charge is 0.243 e. The van der Waals surface area contributed by atoms with Crippen molar-refractivity contribution in [3.8, 4) is 0 Å². The van der Waals surface area contributed by atoms with E-state index in [1.807, 2.05) is 0 Å². The first-order valence-corrected chi connectivity index (χ1v) is 7.21. The minimum absolute atomic E-state index is 0.185. The van der Waals surface area contributed by atoms with Crippen LogP contribution in [0.4, 0.5) is 0 Å². The van der Waals surface area contributed by atoms with Gasteiger partial charge in [-0.3, -0.25) is 4.79 Å². The summed E-state index contributed by atoms with van der Waals surface area (Å²) in [6, 6.07) is 5.84. The van der Waals surface area contributed by atoms with Crippen LogP contribution in [0, 0.1) is 0 Å². The number of aliphatic hydroxyl groups excluding tert-OH is 1. The van der Waals surface area contributed by atoms with Gasteiger partial charge in [-0.05, 0) is 25.0 Å². The van der Waals surface area contributed by atoms with Crippen LogP contribution in [0.5, 0.6) is 0 Å². The molecule has 1 fully saturated rings. The predicted molar refractivity (Wildman–Crippen MR) is 65.8 cm³/mol. The van der Waals surface area contributed by atoms with Crippen molar-refractivity contribution in [1.29, 1.82) is 0 Å². The summed E-state index contributed by atoms with van der Waals surface area (Å²) in [6.07, 6.45) is 1.19. The first-order valence-electron chi connectivity index (χ1n) is 5.77. The third kappa shape index (κ3) is 2.60. The number of carbonyl (C=O) groups excluding carboxylic acids is 1. The van der Waals surface area contributed by atoms with Crippen LogP contribution in [0.3, 0.4) is 0 Å². The molecule has 0 aromatic heterocycles. The summed E-state index contributed by atoms with van der Waals surface area (Å²) in [5, 5.41) is 9.37. The van der Waals surface area contributed by atoms with Gasteiger partial charge in [0.15, 0.2) is 0 Å². The van der Waals surface area contributed by atoms with Gasteiger partial charge in [0.2, 0.25) is 10.0 Å². The lowest BCUT2D eigenvalue weighted by Gasteiger charge is -2.28. The summed E-state index contributed by atoms with van der Waals surface area (Å²) < 4.78 is 25.9. The van der Waals surface area contributed by atoms with E-state index in [0.717, 1.165) is 0 Å². The normalized spacial score (nSPS) is 18.7. The minimum atomic E-state index is -3.50. The Morgan fingerprint density at radius 3 is 2.22 bits per heavy atom. The number of sulfonamides is 1. The second kappa shape index (κ2) is 5.17. The van der Waals surface area contributed by atoms with E-state index in [1.165, 1.54) is 28.6 Å². The Labute approximate surface area is 106 Å². The van der Waals surface area contributed by atoms with E-state index in [9.17, 15) is 18.3 Å². The summed E-state index contributed by atoms with van der Waals surface area (Å²) in [7, 11) is -3.50. The lowest BCUT2D eigenvalue weighted by molar-refractivity contribution is 0.111. The molecule has 1 saturated heterocycles. The molecule has 2 rings (SSSR count). The summed E-state index contributed by atoms with van der Waals surface area (Å²) in [6.45, 7) is 0.665. The van der Waals surface area contributed by atoms with Crippen LogP contribution in [-0.4, -0.2) is 43.3 Å². The van der Waals surface area contributed by atoms with Gasteiger partial charge in [0.1, 0.15) is 6.29 Å². The molecule has 0 aliphatic carbocycles. The molecule has 18 heavy (non-hydrogen) atoms. The van der Waals surface area contributed by atoms with Crippen LogP contribution in [-0.2, 0) is 10.0 Å². The average molecular weight is 269 g/mol. The van der Waals surface area contributed by atoms with Crippen molar-refractivity contribution in [2.75, 3.05) is 13.1 Å². The zero-order valence-electron chi connectivity index (χ0n) is 9.82. The molecule has 1 aliphatic heterocycles. The van der Waals surface area contributed by atoms with Crippen molar-refractivity contribution in [1.82, 2.24) is 4.31 Å². The lowest BCUT2D eigenvalue weighted by Crippen LogP contribution is -2.39. The van der Waals surface area contributed by atoms with Gasteiger partial charge in [-0.1, -0.05) is 12.1 Å². The number of piperidine rings is 1. The highest BCUT2D eigenvalue weighted by Gasteiger charge is 2.28. The summed E-state index contributed by atoms with van der Waals surface area (Å²) in [5.41, 5.74) is 0.447. The van der Waals surface area contributed by atoms with E-state index >= 15 is 0 Å². The van der Waals surface area contributed by atoms with Crippen molar-refractivity contribution in [3.05, 3.63) is 29.8 Å². The highest BCUT2D eigenvalue weighted by atomic mass is 32.2. The molecule has 6 heteroatoms. The number of hydrogen-bond acceptors (Lipinski definition) is 4. The van der Waals surface area contributed by atoms with Gasteiger partial charge in [0, 0.05) is 18.7 Å². The Morgan fingerprint density at radius 2 is 1.72 bits per heavy atom. The molecule has 98 valence electrons. The Morgan fingerprint density at radius 1 is 1.17 bits per heavy atom. The Bertz CT molecular complexity index is 516. The van der Waals surface area contributed by atoms with Gasteiger partial charge in [-0.2, -0.15) is 4.31 Å². The fourth-order valence-corrected chi connectivity index (χ4v) is 3.42. The molecule has 0 saturated carbocycles. The summed E-state index contributed by atoms with van der Waals surface area (Å²) in [4.78, 5) is 10.7. The first-order chi connectivity index (χ1) is 8.54. The Kier molecular flexibility index (Phi) is 3.79. The molecule has 1 aliphatic rings. The SMILES string of the molecule is O=Cc1ccc(S(=O)(=O)N2CCC(O)CC2)cc1. The molecule has 1 heterocycles. The van der Waals surface area contributed by atoms with Crippen molar-refractivity contribution >= 4 is 16.3 Å². The van der Waals surface area contributed by atoms with Crippen LogP contribution in [0.15, 0.2) is 29.2 Å². The molecule has 0 bridgehead atoms. The zero-order chi connectivity index (χ0) is 13.2. The van der Waals surface area contributed by atoms with Crippen LogP contribution in [0.2, 0.25) is 0 Å². The topological polar surface area (TPSA) is 74.7 Å². The van der Waals surface area contributed by atoms with E-state index in [0.29, 0.717) is 37.8 Å². The van der Waals surface area contributed by atoms with E-state index in [4.69, 9.17) is 0 Å². The van der Waals surface area contributed by atoms with Crippen LogP contribution in [0.25, 0.3) is 0 Å². The molecular formula is C12H15NO4S. The maximum atomic E-state index is 12.2. The standard InChI is InChI=1S/C12H15NO4S/c14-9-10-1-3-12(4-2-10)18(16,17)13-7-5-11(15)6-8-13/h1-4,9,11,15H,5-8H2. The largest absolute Gasteiger partial charge is 0.393 e. The number of hydrogen-bond donors (Lipinski definition) is 1. The summed E-state index contributed by atoms with van der Waals surface area (Å²) in [5.74, 6) is 0. The number of carbonyl (C=O) groups is 1. The number of nitrogens with zero attached hydrogens (tertiary/aromatic N) is 1. The Hall–Kier alpha value is -1.24.